The van der Waals surface area contributed by atoms with Gasteiger partial charge in [-0.05, 0) is 17.7 Å². The quantitative estimate of drug-likeness (QED) is 0.834. The smallest absolute Gasteiger partial charge is 0.222 e. The van der Waals surface area contributed by atoms with E-state index in [4.69, 9.17) is 4.74 Å². The van der Waals surface area contributed by atoms with Gasteiger partial charge in [-0.15, -0.1) is 0 Å². The van der Waals surface area contributed by atoms with E-state index in [1.165, 1.54) is 12.1 Å². The van der Waals surface area contributed by atoms with E-state index in [9.17, 15) is 9.18 Å². The second-order valence-corrected chi connectivity index (χ2v) is 4.31. The van der Waals surface area contributed by atoms with Crippen LogP contribution in [0.3, 0.4) is 0 Å². The van der Waals surface area contributed by atoms with Crippen LogP contribution in [0.15, 0.2) is 24.3 Å². The first-order valence-corrected chi connectivity index (χ1v) is 6.07. The summed E-state index contributed by atoms with van der Waals surface area (Å²) in [4.78, 5) is 11.7. The van der Waals surface area contributed by atoms with Gasteiger partial charge in [0.1, 0.15) is 5.82 Å². The molecule has 1 aliphatic rings. The Morgan fingerprint density at radius 2 is 2.44 bits per heavy atom. The Hall–Kier alpha value is -1.46. The highest BCUT2D eigenvalue weighted by Crippen LogP contribution is 2.04. The molecule has 1 aromatic carbocycles. The van der Waals surface area contributed by atoms with Crippen LogP contribution in [-0.2, 0) is 16.1 Å². The molecule has 4 nitrogen and oxygen atoms in total. The van der Waals surface area contributed by atoms with Crippen LogP contribution in [0.2, 0.25) is 0 Å². The van der Waals surface area contributed by atoms with E-state index in [2.05, 4.69) is 10.6 Å². The number of carbonyl (C=O) groups excluding carboxylic acids is 1. The van der Waals surface area contributed by atoms with E-state index in [0.717, 1.165) is 12.1 Å². The molecule has 1 aliphatic heterocycles. The summed E-state index contributed by atoms with van der Waals surface area (Å²) in [6, 6.07) is 6.21. The molecule has 5 heteroatoms. The lowest BCUT2D eigenvalue weighted by atomic mass is 10.2. The third-order valence-corrected chi connectivity index (χ3v) is 2.80. The molecule has 0 aromatic heterocycles. The van der Waals surface area contributed by atoms with Crippen LogP contribution in [0, 0.1) is 5.82 Å². The monoisotopic (exact) mass is 252 g/mol. The van der Waals surface area contributed by atoms with E-state index in [1.807, 2.05) is 0 Å². The number of morpholine rings is 1. The van der Waals surface area contributed by atoms with Crippen LogP contribution in [0.5, 0.6) is 0 Å². The minimum absolute atomic E-state index is 0.0636. The molecule has 1 fully saturated rings. The summed E-state index contributed by atoms with van der Waals surface area (Å²) in [5, 5.41) is 5.93. The molecule has 0 aliphatic carbocycles. The second-order valence-electron chi connectivity index (χ2n) is 4.31. The minimum atomic E-state index is -0.290. The van der Waals surface area contributed by atoms with Gasteiger partial charge in [0.2, 0.25) is 5.91 Å². The Morgan fingerprint density at radius 3 is 3.17 bits per heavy atom. The zero-order valence-electron chi connectivity index (χ0n) is 10.1. The largest absolute Gasteiger partial charge is 0.375 e. The molecule has 1 heterocycles. The van der Waals surface area contributed by atoms with E-state index < -0.39 is 0 Å². The van der Waals surface area contributed by atoms with E-state index in [-0.39, 0.29) is 17.8 Å². The standard InChI is InChI=1S/C13H17FN2O2/c14-11-3-1-2-10(6-11)8-16-13(17)7-12-9-15-4-5-18-12/h1-3,6,12,15H,4-5,7-9H2,(H,16,17)/t12-/m1/s1. The maximum Gasteiger partial charge on any atom is 0.222 e. The molecule has 0 bridgehead atoms. The lowest BCUT2D eigenvalue weighted by molar-refractivity contribution is -0.124. The number of carbonyl (C=O) groups is 1. The Labute approximate surface area is 106 Å². The highest BCUT2D eigenvalue weighted by atomic mass is 19.1. The first-order valence-electron chi connectivity index (χ1n) is 6.07. The van der Waals surface area contributed by atoms with Gasteiger partial charge in [-0.25, -0.2) is 4.39 Å². The summed E-state index contributed by atoms with van der Waals surface area (Å²) >= 11 is 0. The first-order chi connectivity index (χ1) is 8.74. The van der Waals surface area contributed by atoms with Crippen molar-refractivity contribution < 1.29 is 13.9 Å². The number of rotatable bonds is 4. The molecule has 0 saturated carbocycles. The zero-order chi connectivity index (χ0) is 12.8. The zero-order valence-corrected chi connectivity index (χ0v) is 10.1. The van der Waals surface area contributed by atoms with Crippen molar-refractivity contribution in [1.82, 2.24) is 10.6 Å². The van der Waals surface area contributed by atoms with Crippen molar-refractivity contribution in [3.8, 4) is 0 Å². The van der Waals surface area contributed by atoms with Gasteiger partial charge in [-0.1, -0.05) is 12.1 Å². The minimum Gasteiger partial charge on any atom is -0.375 e. The van der Waals surface area contributed by atoms with Crippen molar-refractivity contribution in [3.63, 3.8) is 0 Å². The molecule has 1 atom stereocenters. The topological polar surface area (TPSA) is 50.4 Å². The van der Waals surface area contributed by atoms with Crippen molar-refractivity contribution in [3.05, 3.63) is 35.6 Å². The molecule has 1 aromatic rings. The molecule has 0 radical (unpaired) electrons. The van der Waals surface area contributed by atoms with E-state index in [1.54, 1.807) is 12.1 Å². The van der Waals surface area contributed by atoms with Gasteiger partial charge < -0.3 is 15.4 Å². The first kappa shape index (κ1) is 13.0. The molecule has 0 spiro atoms. The van der Waals surface area contributed by atoms with Gasteiger partial charge in [0, 0.05) is 19.6 Å². The second kappa shape index (κ2) is 6.47. The fourth-order valence-corrected chi connectivity index (χ4v) is 1.88. The summed E-state index contributed by atoms with van der Waals surface area (Å²) < 4.78 is 18.4. The predicted octanol–water partition coefficient (Wildman–Crippen LogP) is 0.820. The van der Waals surface area contributed by atoms with Crippen LogP contribution in [-0.4, -0.2) is 31.7 Å². The molecular weight excluding hydrogens is 235 g/mol. The predicted molar refractivity (Wildman–Crippen MR) is 65.5 cm³/mol. The molecule has 2 rings (SSSR count). The maximum atomic E-state index is 12.9. The van der Waals surface area contributed by atoms with Crippen LogP contribution in [0.1, 0.15) is 12.0 Å². The highest BCUT2D eigenvalue weighted by Gasteiger charge is 2.16. The number of benzene rings is 1. The van der Waals surface area contributed by atoms with Crippen LogP contribution in [0.4, 0.5) is 4.39 Å². The average molecular weight is 252 g/mol. The summed E-state index contributed by atoms with van der Waals surface area (Å²) in [6.07, 6.45) is 0.272. The SMILES string of the molecule is O=C(C[C@@H]1CNCCO1)NCc1cccc(F)c1. The van der Waals surface area contributed by atoms with Gasteiger partial charge in [-0.2, -0.15) is 0 Å². The number of nitrogens with one attached hydrogen (secondary N) is 2. The summed E-state index contributed by atoms with van der Waals surface area (Å²) in [5.74, 6) is -0.366. The number of halogens is 1. The van der Waals surface area contributed by atoms with Crippen molar-refractivity contribution in [2.24, 2.45) is 0 Å². The van der Waals surface area contributed by atoms with Gasteiger partial charge in [0.15, 0.2) is 0 Å². The molecule has 18 heavy (non-hydrogen) atoms. The molecule has 98 valence electrons. The molecule has 0 unspecified atom stereocenters. The fourth-order valence-electron chi connectivity index (χ4n) is 1.88. The summed E-state index contributed by atoms with van der Waals surface area (Å²) in [5.41, 5.74) is 0.756. The molecule has 2 N–H and O–H groups in total. The maximum absolute atomic E-state index is 12.9. The molecule has 1 amide bonds. The van der Waals surface area contributed by atoms with E-state index in [0.29, 0.717) is 26.1 Å². The van der Waals surface area contributed by atoms with Gasteiger partial charge in [-0.3, -0.25) is 4.79 Å². The molecular formula is C13H17FN2O2. The Bertz CT molecular complexity index is 406. The van der Waals surface area contributed by atoms with Crippen molar-refractivity contribution in [2.45, 2.75) is 19.1 Å². The lowest BCUT2D eigenvalue weighted by Gasteiger charge is -2.23. The number of ether oxygens (including phenoxy) is 1. The normalized spacial score (nSPS) is 19.5. The number of hydrogen-bond acceptors (Lipinski definition) is 3. The lowest BCUT2D eigenvalue weighted by Crippen LogP contribution is -2.41. The van der Waals surface area contributed by atoms with Crippen molar-refractivity contribution in [2.75, 3.05) is 19.7 Å². The van der Waals surface area contributed by atoms with Crippen LogP contribution >= 0.6 is 0 Å². The van der Waals surface area contributed by atoms with Crippen LogP contribution < -0.4 is 10.6 Å². The van der Waals surface area contributed by atoms with Crippen LogP contribution in [0.25, 0.3) is 0 Å². The van der Waals surface area contributed by atoms with Gasteiger partial charge in [0.25, 0.3) is 0 Å². The highest BCUT2D eigenvalue weighted by molar-refractivity contribution is 5.76. The Morgan fingerprint density at radius 1 is 1.56 bits per heavy atom. The third kappa shape index (κ3) is 4.09. The molecule has 1 saturated heterocycles. The summed E-state index contributed by atoms with van der Waals surface area (Å²) in [6.45, 7) is 2.52. The van der Waals surface area contributed by atoms with E-state index >= 15 is 0 Å². The fraction of sp³-hybridized carbons (Fsp3) is 0.462. The number of amides is 1. The van der Waals surface area contributed by atoms with Gasteiger partial charge >= 0.3 is 0 Å². The Balaban J connectivity index is 1.74. The Kier molecular flexibility index (Phi) is 4.66. The van der Waals surface area contributed by atoms with Gasteiger partial charge in [0.05, 0.1) is 19.1 Å². The number of hydrogen-bond donors (Lipinski definition) is 2. The van der Waals surface area contributed by atoms with Crippen molar-refractivity contribution in [1.29, 1.82) is 0 Å². The third-order valence-electron chi connectivity index (χ3n) is 2.80. The average Bonchev–Trinajstić information content (AvgIpc) is 2.38. The van der Waals surface area contributed by atoms with Crippen molar-refractivity contribution >= 4 is 5.91 Å². The summed E-state index contributed by atoms with van der Waals surface area (Å²) in [7, 11) is 0.